The van der Waals surface area contributed by atoms with Crippen molar-refractivity contribution in [1.82, 2.24) is 0 Å². The number of amides is 2. The van der Waals surface area contributed by atoms with E-state index in [9.17, 15) is 9.59 Å². The van der Waals surface area contributed by atoms with Crippen LogP contribution in [0, 0.1) is 5.92 Å². The second-order valence-electron chi connectivity index (χ2n) is 6.88. The molecular formula is C21H22N2O3. The van der Waals surface area contributed by atoms with E-state index >= 15 is 0 Å². The van der Waals surface area contributed by atoms with Gasteiger partial charge in [-0.25, -0.2) is 0 Å². The van der Waals surface area contributed by atoms with Crippen molar-refractivity contribution in [2.24, 2.45) is 5.92 Å². The summed E-state index contributed by atoms with van der Waals surface area (Å²) < 4.78 is 5.27. The molecule has 1 heterocycles. The molecule has 1 saturated carbocycles. The number of nitrogens with zero attached hydrogens (tertiary/aromatic N) is 1. The van der Waals surface area contributed by atoms with Crippen molar-refractivity contribution in [3.8, 4) is 5.75 Å². The maximum absolute atomic E-state index is 12.7. The van der Waals surface area contributed by atoms with Gasteiger partial charge in [0.05, 0.1) is 18.5 Å². The van der Waals surface area contributed by atoms with Crippen molar-refractivity contribution in [2.45, 2.75) is 25.2 Å². The normalized spacial score (nSPS) is 21.6. The highest BCUT2D eigenvalue weighted by molar-refractivity contribution is 6.03. The van der Waals surface area contributed by atoms with Gasteiger partial charge < -0.3 is 15.0 Å². The number of hydrogen-bond donors (Lipinski definition) is 1. The summed E-state index contributed by atoms with van der Waals surface area (Å²) in [6, 6.07) is 15.4. The van der Waals surface area contributed by atoms with Gasteiger partial charge >= 0.3 is 0 Å². The van der Waals surface area contributed by atoms with E-state index in [1.165, 1.54) is 0 Å². The predicted octanol–water partition coefficient (Wildman–Crippen LogP) is 3.56. The predicted molar refractivity (Wildman–Crippen MR) is 101 cm³/mol. The van der Waals surface area contributed by atoms with Gasteiger partial charge in [-0.2, -0.15) is 0 Å². The van der Waals surface area contributed by atoms with Crippen LogP contribution in [0.1, 0.15) is 30.7 Å². The van der Waals surface area contributed by atoms with E-state index in [0.717, 1.165) is 29.8 Å². The summed E-state index contributed by atoms with van der Waals surface area (Å²) in [6.07, 6.45) is 2.27. The fraction of sp³-hybridized carbons (Fsp3) is 0.333. The Morgan fingerprint density at radius 2 is 2.04 bits per heavy atom. The van der Waals surface area contributed by atoms with E-state index < -0.39 is 0 Å². The molecule has 2 aliphatic rings. The molecule has 2 fully saturated rings. The van der Waals surface area contributed by atoms with Gasteiger partial charge in [0.1, 0.15) is 5.75 Å². The van der Waals surface area contributed by atoms with Crippen LogP contribution in [0.2, 0.25) is 0 Å². The summed E-state index contributed by atoms with van der Waals surface area (Å²) in [4.78, 5) is 26.5. The highest BCUT2D eigenvalue weighted by Crippen LogP contribution is 2.48. The Hall–Kier alpha value is -2.82. The number of carbonyl (C=O) groups excluding carboxylic acids is 2. The number of methoxy groups -OCH3 is 1. The third-order valence-corrected chi connectivity index (χ3v) is 5.18. The number of para-hydroxylation sites is 2. The molecule has 1 aliphatic heterocycles. The average Bonchev–Trinajstić information content (AvgIpc) is 3.37. The van der Waals surface area contributed by atoms with E-state index in [1.807, 2.05) is 48.5 Å². The van der Waals surface area contributed by atoms with Crippen molar-refractivity contribution >= 4 is 23.2 Å². The van der Waals surface area contributed by atoms with Crippen LogP contribution in [0.15, 0.2) is 48.5 Å². The van der Waals surface area contributed by atoms with Gasteiger partial charge in [0.15, 0.2) is 0 Å². The zero-order valence-corrected chi connectivity index (χ0v) is 14.8. The number of hydrogen-bond acceptors (Lipinski definition) is 3. The van der Waals surface area contributed by atoms with Crippen LogP contribution >= 0.6 is 0 Å². The second kappa shape index (κ2) is 6.83. The molecule has 0 bridgehead atoms. The number of anilines is 2. The molecule has 2 aromatic rings. The number of rotatable bonds is 5. The van der Waals surface area contributed by atoms with Crippen LogP contribution in [0.3, 0.4) is 0 Å². The Balaban J connectivity index is 1.47. The lowest BCUT2D eigenvalue weighted by Crippen LogP contribution is -2.26. The third kappa shape index (κ3) is 3.17. The monoisotopic (exact) mass is 350 g/mol. The van der Waals surface area contributed by atoms with E-state index in [1.54, 1.807) is 12.0 Å². The van der Waals surface area contributed by atoms with Gasteiger partial charge in [0.2, 0.25) is 11.8 Å². The molecule has 0 aromatic heterocycles. The molecule has 0 radical (unpaired) electrons. The highest BCUT2D eigenvalue weighted by atomic mass is 16.5. The zero-order valence-electron chi connectivity index (χ0n) is 14.8. The quantitative estimate of drug-likeness (QED) is 0.897. The molecule has 1 aliphatic carbocycles. The molecule has 2 aromatic carbocycles. The molecule has 1 saturated heterocycles. The van der Waals surface area contributed by atoms with E-state index in [0.29, 0.717) is 18.7 Å². The molecule has 2 amide bonds. The van der Waals surface area contributed by atoms with Crippen LogP contribution in [0.25, 0.3) is 0 Å². The van der Waals surface area contributed by atoms with Gasteiger partial charge in [-0.3, -0.25) is 9.59 Å². The molecule has 2 atom stereocenters. The number of benzene rings is 2. The lowest BCUT2D eigenvalue weighted by Gasteiger charge is -2.20. The zero-order chi connectivity index (χ0) is 18.1. The van der Waals surface area contributed by atoms with Crippen LogP contribution < -0.4 is 15.0 Å². The Labute approximate surface area is 153 Å². The topological polar surface area (TPSA) is 58.6 Å². The third-order valence-electron chi connectivity index (χ3n) is 5.18. The molecule has 0 spiro atoms. The van der Waals surface area contributed by atoms with Gasteiger partial charge in [0, 0.05) is 18.9 Å². The number of ether oxygens (including phenoxy) is 1. The van der Waals surface area contributed by atoms with Crippen molar-refractivity contribution in [2.75, 3.05) is 23.9 Å². The molecule has 5 nitrogen and oxygen atoms in total. The maximum Gasteiger partial charge on any atom is 0.228 e. The van der Waals surface area contributed by atoms with E-state index in [2.05, 4.69) is 5.32 Å². The van der Waals surface area contributed by atoms with Crippen molar-refractivity contribution in [3.63, 3.8) is 0 Å². The molecule has 26 heavy (non-hydrogen) atoms. The molecule has 4 rings (SSSR count). The standard InChI is InChI=1S/C21H22N2O3/c1-26-15-7-4-6-14(12-15)16-13-17(16)21(25)22-18-8-2-3-9-19(18)23-11-5-10-20(23)24/h2-4,6-9,12,16-17H,5,10-11,13H2,1H3,(H,22,25)/t16-,17+/m0/s1. The Kier molecular flexibility index (Phi) is 4.37. The fourth-order valence-electron chi connectivity index (χ4n) is 3.67. The first-order valence-electron chi connectivity index (χ1n) is 9.01. The van der Waals surface area contributed by atoms with Gasteiger partial charge in [-0.1, -0.05) is 24.3 Å². The molecule has 0 unspecified atom stereocenters. The van der Waals surface area contributed by atoms with Crippen molar-refractivity contribution < 1.29 is 14.3 Å². The summed E-state index contributed by atoms with van der Waals surface area (Å²) in [7, 11) is 1.65. The summed E-state index contributed by atoms with van der Waals surface area (Å²) in [5.74, 6) is 1.13. The molecular weight excluding hydrogens is 328 g/mol. The molecule has 134 valence electrons. The minimum Gasteiger partial charge on any atom is -0.497 e. The lowest BCUT2D eigenvalue weighted by molar-refractivity contribution is -0.118. The maximum atomic E-state index is 12.7. The van der Waals surface area contributed by atoms with Gasteiger partial charge in [-0.15, -0.1) is 0 Å². The minimum atomic E-state index is -0.0376. The first-order valence-corrected chi connectivity index (χ1v) is 9.01. The Morgan fingerprint density at radius 3 is 2.81 bits per heavy atom. The SMILES string of the molecule is COc1cccc([C@@H]2C[C@H]2C(=O)Nc2ccccc2N2CCCC2=O)c1. The molecule has 1 N–H and O–H groups in total. The second-order valence-corrected chi connectivity index (χ2v) is 6.88. The van der Waals surface area contributed by atoms with Crippen LogP contribution in [0.4, 0.5) is 11.4 Å². The average molecular weight is 350 g/mol. The van der Waals surface area contributed by atoms with Crippen LogP contribution in [-0.2, 0) is 9.59 Å². The molecule has 5 heteroatoms. The Morgan fingerprint density at radius 1 is 1.19 bits per heavy atom. The lowest BCUT2D eigenvalue weighted by atomic mass is 10.1. The number of nitrogens with one attached hydrogen (secondary N) is 1. The van der Waals surface area contributed by atoms with E-state index in [-0.39, 0.29) is 23.7 Å². The minimum absolute atomic E-state index is 0.0110. The van der Waals surface area contributed by atoms with Crippen LogP contribution in [-0.4, -0.2) is 25.5 Å². The number of carbonyl (C=O) groups is 2. The van der Waals surface area contributed by atoms with Crippen molar-refractivity contribution in [3.05, 3.63) is 54.1 Å². The van der Waals surface area contributed by atoms with Crippen LogP contribution in [0.5, 0.6) is 5.75 Å². The smallest absolute Gasteiger partial charge is 0.228 e. The first kappa shape index (κ1) is 16.6. The van der Waals surface area contributed by atoms with E-state index in [4.69, 9.17) is 4.74 Å². The first-order chi connectivity index (χ1) is 12.7. The van der Waals surface area contributed by atoms with Crippen molar-refractivity contribution in [1.29, 1.82) is 0 Å². The summed E-state index contributed by atoms with van der Waals surface area (Å²) >= 11 is 0. The summed E-state index contributed by atoms with van der Waals surface area (Å²) in [5, 5.41) is 3.03. The summed E-state index contributed by atoms with van der Waals surface area (Å²) in [6.45, 7) is 0.710. The Bertz CT molecular complexity index is 849. The fourth-order valence-corrected chi connectivity index (χ4v) is 3.67. The van der Waals surface area contributed by atoms with Gasteiger partial charge in [0.25, 0.3) is 0 Å². The largest absolute Gasteiger partial charge is 0.497 e. The highest BCUT2D eigenvalue weighted by Gasteiger charge is 2.44. The van der Waals surface area contributed by atoms with Gasteiger partial charge in [-0.05, 0) is 48.6 Å². The summed E-state index contributed by atoms with van der Waals surface area (Å²) in [5.41, 5.74) is 2.64.